The van der Waals surface area contributed by atoms with E-state index in [0.717, 1.165) is 16.8 Å². The molecule has 0 aliphatic carbocycles. The number of halogens is 1. The third-order valence-electron chi connectivity index (χ3n) is 3.47. The van der Waals surface area contributed by atoms with Gasteiger partial charge in [0.1, 0.15) is 0 Å². The summed E-state index contributed by atoms with van der Waals surface area (Å²) in [4.78, 5) is 0. The number of aryl methyl sites for hydroxylation is 1. The topological polar surface area (TPSA) is 46.0 Å². The van der Waals surface area contributed by atoms with Gasteiger partial charge in [-0.1, -0.05) is 53.6 Å². The van der Waals surface area contributed by atoms with Gasteiger partial charge in [-0.25, -0.2) is 5.10 Å². The number of rotatable bonds is 3. The molecule has 1 N–H and O–H groups in total. The number of aromatic nitrogens is 3. The zero-order valence-corrected chi connectivity index (χ0v) is 14.3. The molecule has 3 rings (SSSR count). The molecule has 1 heterocycles. The maximum absolute atomic E-state index is 5.93. The largest absolute Gasteiger partial charge is 0.250 e. The van der Waals surface area contributed by atoms with Gasteiger partial charge < -0.3 is 0 Å². The number of hydrogen-bond donors (Lipinski definition) is 1. The van der Waals surface area contributed by atoms with Crippen LogP contribution in [0.15, 0.2) is 53.6 Å². The van der Waals surface area contributed by atoms with Crippen LogP contribution in [0.5, 0.6) is 0 Å². The van der Waals surface area contributed by atoms with Crippen LogP contribution in [0, 0.1) is 11.7 Å². The van der Waals surface area contributed by atoms with Crippen LogP contribution in [0.4, 0.5) is 0 Å². The van der Waals surface area contributed by atoms with E-state index >= 15 is 0 Å². The Labute approximate surface area is 144 Å². The summed E-state index contributed by atoms with van der Waals surface area (Å²) >= 11 is 11.2. The monoisotopic (exact) mass is 342 g/mol. The molecule has 0 saturated carbocycles. The Kier molecular flexibility index (Phi) is 4.41. The number of nitrogens with one attached hydrogen (secondary N) is 1. The summed E-state index contributed by atoms with van der Waals surface area (Å²) in [6.07, 6.45) is 0. The lowest BCUT2D eigenvalue weighted by atomic mass is 10.1. The van der Waals surface area contributed by atoms with Crippen LogP contribution in [0.2, 0.25) is 5.02 Å². The lowest BCUT2D eigenvalue weighted by Gasteiger charge is -2.05. The van der Waals surface area contributed by atoms with Crippen molar-refractivity contribution in [3.05, 3.63) is 69.5 Å². The summed E-state index contributed by atoms with van der Waals surface area (Å²) in [5, 5.41) is 12.4. The van der Waals surface area contributed by atoms with Gasteiger partial charge >= 0.3 is 0 Å². The first-order chi connectivity index (χ1) is 11.0. The molecule has 3 aromatic rings. The molecule has 2 aromatic carbocycles. The fourth-order valence-corrected chi connectivity index (χ4v) is 2.47. The zero-order valence-electron chi connectivity index (χ0n) is 12.7. The molecule has 6 heteroatoms. The van der Waals surface area contributed by atoms with Crippen molar-refractivity contribution < 1.29 is 0 Å². The van der Waals surface area contributed by atoms with Gasteiger partial charge in [0.15, 0.2) is 5.82 Å². The molecular weight excluding hydrogens is 328 g/mol. The Morgan fingerprint density at radius 3 is 2.43 bits per heavy atom. The molecule has 23 heavy (non-hydrogen) atoms. The van der Waals surface area contributed by atoms with Crippen LogP contribution in [0.25, 0.3) is 11.4 Å². The second-order valence-corrected chi connectivity index (χ2v) is 6.05. The third-order valence-corrected chi connectivity index (χ3v) is 3.99. The number of benzene rings is 2. The predicted octanol–water partition coefficient (Wildman–Crippen LogP) is 4.84. The van der Waals surface area contributed by atoms with E-state index < -0.39 is 0 Å². The summed E-state index contributed by atoms with van der Waals surface area (Å²) in [6.45, 7) is 3.97. The second kappa shape index (κ2) is 6.48. The van der Waals surface area contributed by atoms with E-state index in [2.05, 4.69) is 15.3 Å². The van der Waals surface area contributed by atoms with Crippen molar-refractivity contribution in [3.63, 3.8) is 0 Å². The van der Waals surface area contributed by atoms with Gasteiger partial charge in [-0.05, 0) is 43.8 Å². The molecule has 116 valence electrons. The van der Waals surface area contributed by atoms with Crippen molar-refractivity contribution in [2.24, 2.45) is 5.10 Å². The number of aromatic amines is 1. The van der Waals surface area contributed by atoms with Gasteiger partial charge in [0, 0.05) is 10.6 Å². The first-order valence-corrected chi connectivity index (χ1v) is 7.89. The molecule has 0 fully saturated rings. The highest BCUT2D eigenvalue weighted by Gasteiger charge is 2.09. The number of nitrogens with zero attached hydrogens (tertiary/aromatic N) is 3. The van der Waals surface area contributed by atoms with Crippen molar-refractivity contribution >= 4 is 29.5 Å². The van der Waals surface area contributed by atoms with Crippen LogP contribution in [-0.4, -0.2) is 20.6 Å². The Balaban J connectivity index is 2.05. The first-order valence-electron chi connectivity index (χ1n) is 7.10. The maximum atomic E-state index is 5.93. The molecule has 0 aliphatic heterocycles. The Morgan fingerprint density at radius 1 is 1.13 bits per heavy atom. The van der Waals surface area contributed by atoms with Crippen molar-refractivity contribution in [1.82, 2.24) is 14.9 Å². The van der Waals surface area contributed by atoms with E-state index in [0.29, 0.717) is 15.6 Å². The average Bonchev–Trinajstić information content (AvgIpc) is 2.90. The van der Waals surface area contributed by atoms with E-state index in [1.807, 2.05) is 62.4 Å². The number of hydrogen-bond acceptors (Lipinski definition) is 3. The first kappa shape index (κ1) is 15.6. The summed E-state index contributed by atoms with van der Waals surface area (Å²) in [6, 6.07) is 15.6. The van der Waals surface area contributed by atoms with Crippen LogP contribution in [0.1, 0.15) is 18.1 Å². The van der Waals surface area contributed by atoms with Crippen LogP contribution in [-0.2, 0) is 0 Å². The quantitative estimate of drug-likeness (QED) is 0.546. The Bertz CT molecular complexity index is 905. The Morgan fingerprint density at radius 2 is 1.78 bits per heavy atom. The average molecular weight is 343 g/mol. The summed E-state index contributed by atoms with van der Waals surface area (Å²) in [5.41, 5.74) is 3.95. The van der Waals surface area contributed by atoms with Gasteiger partial charge in [0.05, 0.1) is 5.71 Å². The van der Waals surface area contributed by atoms with Gasteiger partial charge in [-0.2, -0.15) is 14.9 Å². The number of H-pyrrole nitrogens is 1. The molecule has 4 nitrogen and oxygen atoms in total. The highest BCUT2D eigenvalue weighted by atomic mass is 35.5. The van der Waals surface area contributed by atoms with Gasteiger partial charge in [0.25, 0.3) is 0 Å². The van der Waals surface area contributed by atoms with Crippen LogP contribution >= 0.6 is 23.8 Å². The fourth-order valence-electron chi connectivity index (χ4n) is 2.17. The summed E-state index contributed by atoms with van der Waals surface area (Å²) in [5.74, 6) is 0.684. The minimum absolute atomic E-state index is 0.453. The molecule has 0 radical (unpaired) electrons. The molecule has 0 amide bonds. The Hall–Kier alpha value is -2.24. The van der Waals surface area contributed by atoms with E-state index in [1.165, 1.54) is 5.56 Å². The van der Waals surface area contributed by atoms with Crippen LogP contribution in [0.3, 0.4) is 0 Å². The van der Waals surface area contributed by atoms with Crippen molar-refractivity contribution in [3.8, 4) is 11.4 Å². The highest BCUT2D eigenvalue weighted by molar-refractivity contribution is 7.71. The van der Waals surface area contributed by atoms with Crippen LogP contribution < -0.4 is 0 Å². The van der Waals surface area contributed by atoms with E-state index in [1.54, 1.807) is 4.68 Å². The molecule has 0 bridgehead atoms. The molecule has 0 unspecified atom stereocenters. The summed E-state index contributed by atoms with van der Waals surface area (Å²) in [7, 11) is 0. The molecule has 0 saturated heterocycles. The third kappa shape index (κ3) is 3.41. The zero-order chi connectivity index (χ0) is 16.4. The molecule has 0 atom stereocenters. The van der Waals surface area contributed by atoms with Gasteiger partial charge in [-0.3, -0.25) is 0 Å². The van der Waals surface area contributed by atoms with E-state index in [4.69, 9.17) is 23.8 Å². The minimum atomic E-state index is 0.453. The second-order valence-electron chi connectivity index (χ2n) is 5.22. The molecule has 0 spiro atoms. The fraction of sp³-hybridized carbons (Fsp3) is 0.118. The smallest absolute Gasteiger partial charge is 0.216 e. The minimum Gasteiger partial charge on any atom is -0.250 e. The van der Waals surface area contributed by atoms with Gasteiger partial charge in [-0.15, -0.1) is 0 Å². The molecule has 1 aromatic heterocycles. The standard InChI is InChI=1S/C17H15ClN4S/c1-11-3-5-14(6-4-11)16-19-20-17(23)22(16)21-12(2)13-7-9-15(18)10-8-13/h3-10H,1-2H3,(H,20,23). The van der Waals surface area contributed by atoms with Crippen molar-refractivity contribution in [2.45, 2.75) is 13.8 Å². The normalized spacial score (nSPS) is 11.7. The maximum Gasteiger partial charge on any atom is 0.216 e. The molecular formula is C17H15ClN4S. The van der Waals surface area contributed by atoms with Gasteiger partial charge in [0.2, 0.25) is 4.77 Å². The molecule has 0 aliphatic rings. The lowest BCUT2D eigenvalue weighted by Crippen LogP contribution is -2.01. The highest BCUT2D eigenvalue weighted by Crippen LogP contribution is 2.18. The lowest BCUT2D eigenvalue weighted by molar-refractivity contribution is 0.864. The van der Waals surface area contributed by atoms with E-state index in [-0.39, 0.29) is 0 Å². The van der Waals surface area contributed by atoms with Crippen molar-refractivity contribution in [1.29, 1.82) is 0 Å². The van der Waals surface area contributed by atoms with Crippen molar-refractivity contribution in [2.75, 3.05) is 0 Å². The predicted molar refractivity (Wildman–Crippen MR) is 96.6 cm³/mol. The summed E-state index contributed by atoms with van der Waals surface area (Å²) < 4.78 is 2.10. The van der Waals surface area contributed by atoms with E-state index in [9.17, 15) is 0 Å². The SMILES string of the molecule is CC(=Nn1c(-c2ccc(C)cc2)n[nH]c1=S)c1ccc(Cl)cc1.